The van der Waals surface area contributed by atoms with Crippen LogP contribution in [0.1, 0.15) is 50.5 Å². The number of hydrogen-bond acceptors (Lipinski definition) is 2. The Balaban J connectivity index is 2.47. The summed E-state index contributed by atoms with van der Waals surface area (Å²) in [6.45, 7) is 6.41. The maximum Gasteiger partial charge on any atom is 0.0823 e. The average Bonchev–Trinajstić information content (AvgIpc) is 2.47. The third-order valence-corrected chi connectivity index (χ3v) is 2.89. The van der Waals surface area contributed by atoms with Crippen molar-refractivity contribution >= 4 is 0 Å². The zero-order chi connectivity index (χ0) is 11.4. The van der Waals surface area contributed by atoms with Gasteiger partial charge in [-0.05, 0) is 19.3 Å². The van der Waals surface area contributed by atoms with Gasteiger partial charge in [0.15, 0.2) is 0 Å². The highest BCUT2D eigenvalue weighted by Crippen LogP contribution is 2.22. The van der Waals surface area contributed by atoms with E-state index in [4.69, 9.17) is 0 Å². The molecule has 86 valence electrons. The van der Waals surface area contributed by atoms with E-state index < -0.39 is 0 Å². The van der Waals surface area contributed by atoms with Crippen LogP contribution in [-0.2, 0) is 7.05 Å². The molecule has 0 spiro atoms. The Kier molecular flexibility index (Phi) is 4.33. The summed E-state index contributed by atoms with van der Waals surface area (Å²) in [6, 6.07) is 0. The summed E-state index contributed by atoms with van der Waals surface area (Å²) in [7, 11) is 1.90. The van der Waals surface area contributed by atoms with Crippen LogP contribution in [0.15, 0.2) is 6.20 Å². The summed E-state index contributed by atoms with van der Waals surface area (Å²) < 4.78 is 1.81. The Hall–Kier alpha value is -0.830. The first-order valence-electron chi connectivity index (χ1n) is 5.69. The van der Waals surface area contributed by atoms with E-state index in [-0.39, 0.29) is 6.10 Å². The van der Waals surface area contributed by atoms with Crippen molar-refractivity contribution in [2.75, 3.05) is 0 Å². The van der Waals surface area contributed by atoms with E-state index in [0.717, 1.165) is 24.1 Å². The van der Waals surface area contributed by atoms with E-state index >= 15 is 0 Å². The lowest BCUT2D eigenvalue weighted by molar-refractivity contribution is 0.161. The van der Waals surface area contributed by atoms with E-state index in [1.165, 1.54) is 6.42 Å². The molecular formula is C12H22N2O. The van der Waals surface area contributed by atoms with Crippen LogP contribution in [0.5, 0.6) is 0 Å². The Bertz CT molecular complexity index is 305. The molecule has 1 N–H and O–H groups in total. The number of rotatable bonds is 5. The van der Waals surface area contributed by atoms with Crippen LogP contribution in [0.25, 0.3) is 0 Å². The van der Waals surface area contributed by atoms with Gasteiger partial charge in [-0.15, -0.1) is 0 Å². The lowest BCUT2D eigenvalue weighted by Gasteiger charge is -2.11. The molecule has 0 amide bonds. The highest BCUT2D eigenvalue weighted by Gasteiger charge is 2.13. The monoisotopic (exact) mass is 210 g/mol. The van der Waals surface area contributed by atoms with Gasteiger partial charge in [0.05, 0.1) is 12.3 Å². The summed E-state index contributed by atoms with van der Waals surface area (Å²) in [5, 5.41) is 14.1. The fourth-order valence-corrected chi connectivity index (χ4v) is 1.72. The first-order chi connectivity index (χ1) is 7.02. The molecule has 0 bridgehead atoms. The largest absolute Gasteiger partial charge is 0.388 e. The molecule has 0 saturated heterocycles. The molecule has 0 aliphatic heterocycles. The Labute approximate surface area is 92.1 Å². The van der Waals surface area contributed by atoms with Gasteiger partial charge in [0.25, 0.3) is 0 Å². The molecule has 1 atom stereocenters. The quantitative estimate of drug-likeness (QED) is 0.811. The molecule has 1 aromatic rings. The minimum absolute atomic E-state index is 0.350. The van der Waals surface area contributed by atoms with Crippen LogP contribution in [0, 0.1) is 12.8 Å². The number of aliphatic hydroxyl groups excluding tert-OH is 1. The maximum atomic E-state index is 9.97. The van der Waals surface area contributed by atoms with E-state index in [2.05, 4.69) is 18.9 Å². The number of aryl methyl sites for hydroxylation is 1. The van der Waals surface area contributed by atoms with Crippen molar-refractivity contribution in [3.63, 3.8) is 0 Å². The third-order valence-electron chi connectivity index (χ3n) is 2.89. The minimum Gasteiger partial charge on any atom is -0.388 e. The van der Waals surface area contributed by atoms with Crippen molar-refractivity contribution in [1.82, 2.24) is 9.78 Å². The van der Waals surface area contributed by atoms with Crippen LogP contribution >= 0.6 is 0 Å². The molecule has 0 saturated carbocycles. The molecule has 3 heteroatoms. The fraction of sp³-hybridized carbons (Fsp3) is 0.750. The SMILES string of the molecule is Cc1c(C(O)CCCC(C)C)cnn1C. The van der Waals surface area contributed by atoms with Crippen molar-refractivity contribution in [1.29, 1.82) is 0 Å². The van der Waals surface area contributed by atoms with Crippen molar-refractivity contribution in [2.45, 2.75) is 46.1 Å². The van der Waals surface area contributed by atoms with E-state index in [1.54, 1.807) is 10.9 Å². The van der Waals surface area contributed by atoms with Crippen LogP contribution in [0.2, 0.25) is 0 Å². The standard InChI is InChI=1S/C12H22N2O/c1-9(2)6-5-7-12(15)11-8-13-14(4)10(11)3/h8-9,12,15H,5-7H2,1-4H3. The highest BCUT2D eigenvalue weighted by atomic mass is 16.3. The minimum atomic E-state index is -0.350. The van der Waals surface area contributed by atoms with Crippen molar-refractivity contribution in [3.8, 4) is 0 Å². The summed E-state index contributed by atoms with van der Waals surface area (Å²) >= 11 is 0. The van der Waals surface area contributed by atoms with E-state index in [0.29, 0.717) is 5.92 Å². The molecule has 3 nitrogen and oxygen atoms in total. The molecule has 15 heavy (non-hydrogen) atoms. The fourth-order valence-electron chi connectivity index (χ4n) is 1.72. The second-order valence-electron chi connectivity index (χ2n) is 4.65. The molecule has 0 aromatic carbocycles. The van der Waals surface area contributed by atoms with Crippen molar-refractivity contribution < 1.29 is 5.11 Å². The van der Waals surface area contributed by atoms with Gasteiger partial charge in [0, 0.05) is 18.3 Å². The normalized spacial score (nSPS) is 13.5. The van der Waals surface area contributed by atoms with Gasteiger partial charge in [0.2, 0.25) is 0 Å². The van der Waals surface area contributed by atoms with E-state index in [1.807, 2.05) is 14.0 Å². The molecule has 0 fully saturated rings. The zero-order valence-corrected chi connectivity index (χ0v) is 10.2. The van der Waals surface area contributed by atoms with Gasteiger partial charge in [-0.2, -0.15) is 5.10 Å². The van der Waals surface area contributed by atoms with Gasteiger partial charge in [-0.25, -0.2) is 0 Å². The zero-order valence-electron chi connectivity index (χ0n) is 10.2. The van der Waals surface area contributed by atoms with Gasteiger partial charge in [-0.3, -0.25) is 4.68 Å². The molecular weight excluding hydrogens is 188 g/mol. The predicted molar refractivity (Wildman–Crippen MR) is 61.6 cm³/mol. The summed E-state index contributed by atoms with van der Waals surface area (Å²) in [6.07, 6.45) is 4.52. The first-order valence-corrected chi connectivity index (χ1v) is 5.69. The topological polar surface area (TPSA) is 38.1 Å². The highest BCUT2D eigenvalue weighted by molar-refractivity contribution is 5.18. The van der Waals surface area contributed by atoms with Gasteiger partial charge < -0.3 is 5.11 Å². The van der Waals surface area contributed by atoms with Gasteiger partial charge in [-0.1, -0.05) is 26.7 Å². The lowest BCUT2D eigenvalue weighted by Crippen LogP contribution is -2.01. The summed E-state index contributed by atoms with van der Waals surface area (Å²) in [5.41, 5.74) is 2.04. The molecule has 1 aromatic heterocycles. The second-order valence-corrected chi connectivity index (χ2v) is 4.65. The molecule has 0 aliphatic rings. The third kappa shape index (κ3) is 3.34. The molecule has 0 aliphatic carbocycles. The summed E-state index contributed by atoms with van der Waals surface area (Å²) in [5.74, 6) is 0.715. The smallest absolute Gasteiger partial charge is 0.0823 e. The van der Waals surface area contributed by atoms with Gasteiger partial charge in [0.1, 0.15) is 0 Å². The predicted octanol–water partition coefficient (Wildman–Crippen LogP) is 2.59. The molecule has 1 rings (SSSR count). The average molecular weight is 210 g/mol. The molecule has 1 unspecified atom stereocenters. The number of nitrogens with zero attached hydrogens (tertiary/aromatic N) is 2. The van der Waals surface area contributed by atoms with Gasteiger partial charge >= 0.3 is 0 Å². The Morgan fingerprint density at radius 2 is 2.07 bits per heavy atom. The van der Waals surface area contributed by atoms with Crippen LogP contribution in [-0.4, -0.2) is 14.9 Å². The molecule has 0 radical (unpaired) electrons. The maximum absolute atomic E-state index is 9.97. The first kappa shape index (κ1) is 12.2. The van der Waals surface area contributed by atoms with Crippen LogP contribution < -0.4 is 0 Å². The van der Waals surface area contributed by atoms with E-state index in [9.17, 15) is 5.11 Å². The number of aromatic nitrogens is 2. The summed E-state index contributed by atoms with van der Waals surface area (Å²) in [4.78, 5) is 0. The molecule has 1 heterocycles. The number of hydrogen-bond donors (Lipinski definition) is 1. The van der Waals surface area contributed by atoms with Crippen LogP contribution in [0.3, 0.4) is 0 Å². The Morgan fingerprint density at radius 3 is 2.53 bits per heavy atom. The van der Waals surface area contributed by atoms with Crippen LogP contribution in [0.4, 0.5) is 0 Å². The number of aliphatic hydroxyl groups is 1. The lowest BCUT2D eigenvalue weighted by atomic mass is 10.0. The Morgan fingerprint density at radius 1 is 1.40 bits per heavy atom. The second kappa shape index (κ2) is 5.31. The van der Waals surface area contributed by atoms with Crippen molar-refractivity contribution in [3.05, 3.63) is 17.5 Å². The van der Waals surface area contributed by atoms with Crippen molar-refractivity contribution in [2.24, 2.45) is 13.0 Å².